The predicted molar refractivity (Wildman–Crippen MR) is 52.4 cm³/mol. The Labute approximate surface area is 84.4 Å². The zero-order valence-corrected chi connectivity index (χ0v) is 8.88. The van der Waals surface area contributed by atoms with Crippen LogP contribution in [-0.4, -0.2) is 29.7 Å². The molecule has 2 amide bonds. The Bertz CT molecular complexity index is 163. The number of amides is 2. The second-order valence-corrected chi connectivity index (χ2v) is 2.83. The molecule has 0 aliphatic heterocycles. The zero-order valence-electron chi connectivity index (χ0n) is 6.72. The minimum atomic E-state index is -0.458. The van der Waals surface area contributed by atoms with Gasteiger partial charge >= 0.3 is 6.09 Å². The molecule has 6 heteroatoms. The molecule has 0 aromatic carbocycles. The molecule has 0 aliphatic rings. The molecule has 0 heterocycles. The monoisotopic (exact) mass is 286 g/mol. The normalized spacial score (nSPS) is 8.83. The topological polar surface area (TPSA) is 67.4 Å². The summed E-state index contributed by atoms with van der Waals surface area (Å²) >= 11 is 1.62. The third kappa shape index (κ3) is 7.58. The Balaban J connectivity index is 3.19. The highest BCUT2D eigenvalue weighted by molar-refractivity contribution is 14.1. The van der Waals surface area contributed by atoms with E-state index >= 15 is 0 Å². The molecule has 0 saturated heterocycles. The third-order valence-electron chi connectivity index (χ3n) is 0.934. The van der Waals surface area contributed by atoms with E-state index in [1.807, 2.05) is 0 Å². The molecule has 70 valence electrons. The summed E-state index contributed by atoms with van der Waals surface area (Å²) in [5, 5.41) is 4.98. The van der Waals surface area contributed by atoms with Crippen LogP contribution in [0.5, 0.6) is 0 Å². The summed E-state index contributed by atoms with van der Waals surface area (Å²) < 4.78 is 4.44. The average molecular weight is 286 g/mol. The molecule has 0 saturated carbocycles. The molecule has 12 heavy (non-hydrogen) atoms. The van der Waals surface area contributed by atoms with Crippen LogP contribution < -0.4 is 10.6 Å². The van der Waals surface area contributed by atoms with Crippen molar-refractivity contribution in [1.29, 1.82) is 0 Å². The molecule has 0 atom stereocenters. The molecule has 0 fully saturated rings. The molecule has 0 radical (unpaired) electrons. The molecular weight excluding hydrogens is 275 g/mol. The van der Waals surface area contributed by atoms with Gasteiger partial charge in [-0.25, -0.2) is 4.79 Å². The maximum absolute atomic E-state index is 10.6. The highest BCUT2D eigenvalue weighted by atomic mass is 127. The SMILES string of the molecule is CCOC(=O)NCCNC(=O)I. The van der Waals surface area contributed by atoms with E-state index in [1.54, 1.807) is 29.5 Å². The summed E-state index contributed by atoms with van der Waals surface area (Å²) in [5.74, 6) is 0. The molecular formula is C6H11IN2O3. The van der Waals surface area contributed by atoms with Crippen molar-refractivity contribution in [2.75, 3.05) is 19.7 Å². The van der Waals surface area contributed by atoms with Crippen LogP contribution in [0.4, 0.5) is 9.59 Å². The van der Waals surface area contributed by atoms with Crippen molar-refractivity contribution < 1.29 is 14.3 Å². The first kappa shape index (κ1) is 11.5. The Morgan fingerprint density at radius 1 is 1.33 bits per heavy atom. The van der Waals surface area contributed by atoms with Crippen molar-refractivity contribution in [3.05, 3.63) is 0 Å². The number of ether oxygens (including phenoxy) is 1. The van der Waals surface area contributed by atoms with Gasteiger partial charge in [0.1, 0.15) is 0 Å². The Hall–Kier alpha value is -0.530. The molecule has 0 aromatic heterocycles. The molecule has 0 rings (SSSR count). The maximum atomic E-state index is 10.6. The number of carbonyl (C=O) groups excluding carboxylic acids is 2. The van der Waals surface area contributed by atoms with Gasteiger partial charge in [0.25, 0.3) is 3.91 Å². The number of rotatable bonds is 4. The van der Waals surface area contributed by atoms with Crippen molar-refractivity contribution in [2.24, 2.45) is 0 Å². The van der Waals surface area contributed by atoms with Gasteiger partial charge in [0.15, 0.2) is 0 Å². The molecule has 0 spiro atoms. The largest absolute Gasteiger partial charge is 0.450 e. The van der Waals surface area contributed by atoms with E-state index in [4.69, 9.17) is 0 Å². The van der Waals surface area contributed by atoms with E-state index in [0.717, 1.165) is 0 Å². The third-order valence-corrected chi connectivity index (χ3v) is 1.32. The molecule has 0 unspecified atom stereocenters. The highest BCUT2D eigenvalue weighted by Gasteiger charge is 1.98. The van der Waals surface area contributed by atoms with Crippen LogP contribution in [0.1, 0.15) is 6.92 Å². The van der Waals surface area contributed by atoms with Crippen LogP contribution in [-0.2, 0) is 4.74 Å². The Kier molecular flexibility index (Phi) is 6.82. The van der Waals surface area contributed by atoms with Gasteiger partial charge in [-0.05, 0) is 6.92 Å². The lowest BCUT2D eigenvalue weighted by Crippen LogP contribution is -2.32. The number of alkyl carbamates (subject to hydrolysis) is 1. The van der Waals surface area contributed by atoms with Crippen molar-refractivity contribution in [1.82, 2.24) is 10.6 Å². The summed E-state index contributed by atoms with van der Waals surface area (Å²) in [4.78, 5) is 21.0. The quantitative estimate of drug-likeness (QED) is 0.349. The summed E-state index contributed by atoms with van der Waals surface area (Å²) in [5.41, 5.74) is 0. The van der Waals surface area contributed by atoms with Gasteiger partial charge in [-0.15, -0.1) is 0 Å². The van der Waals surface area contributed by atoms with Crippen LogP contribution in [0, 0.1) is 0 Å². The Morgan fingerprint density at radius 3 is 2.42 bits per heavy atom. The smallest absolute Gasteiger partial charge is 0.407 e. The van der Waals surface area contributed by atoms with Gasteiger partial charge < -0.3 is 15.4 Å². The second-order valence-electron chi connectivity index (χ2n) is 1.85. The molecule has 0 aromatic rings. The van der Waals surface area contributed by atoms with Gasteiger partial charge in [-0.1, -0.05) is 0 Å². The number of carbonyl (C=O) groups is 2. The van der Waals surface area contributed by atoms with Crippen molar-refractivity contribution >= 4 is 32.6 Å². The van der Waals surface area contributed by atoms with Crippen molar-refractivity contribution in [3.63, 3.8) is 0 Å². The summed E-state index contributed by atoms with van der Waals surface area (Å²) in [6.45, 7) is 2.88. The van der Waals surface area contributed by atoms with E-state index in [0.29, 0.717) is 19.7 Å². The predicted octanol–water partition coefficient (Wildman–Crippen LogP) is 0.877. The minimum Gasteiger partial charge on any atom is -0.450 e. The van der Waals surface area contributed by atoms with Gasteiger partial charge in [0.05, 0.1) is 6.61 Å². The minimum absolute atomic E-state index is 0.141. The van der Waals surface area contributed by atoms with E-state index in [9.17, 15) is 9.59 Å². The maximum Gasteiger partial charge on any atom is 0.407 e. The first-order chi connectivity index (χ1) is 5.66. The lowest BCUT2D eigenvalue weighted by atomic mass is 10.6. The van der Waals surface area contributed by atoms with Gasteiger partial charge in [-0.3, -0.25) is 4.79 Å². The van der Waals surface area contributed by atoms with E-state index in [2.05, 4.69) is 15.4 Å². The lowest BCUT2D eigenvalue weighted by Gasteiger charge is -2.04. The second kappa shape index (κ2) is 7.14. The molecule has 0 bridgehead atoms. The van der Waals surface area contributed by atoms with E-state index in [-0.39, 0.29) is 3.91 Å². The van der Waals surface area contributed by atoms with Crippen molar-refractivity contribution in [3.8, 4) is 0 Å². The van der Waals surface area contributed by atoms with Gasteiger partial charge in [0.2, 0.25) is 0 Å². The van der Waals surface area contributed by atoms with Crippen LogP contribution in [0.25, 0.3) is 0 Å². The summed E-state index contributed by atoms with van der Waals surface area (Å²) in [6.07, 6.45) is -0.458. The number of nitrogens with one attached hydrogen (secondary N) is 2. The zero-order chi connectivity index (χ0) is 9.40. The van der Waals surface area contributed by atoms with E-state index < -0.39 is 6.09 Å². The molecule has 0 aliphatic carbocycles. The fourth-order valence-electron chi connectivity index (χ4n) is 0.507. The fourth-order valence-corrected chi connectivity index (χ4v) is 0.777. The molecule has 5 nitrogen and oxygen atoms in total. The van der Waals surface area contributed by atoms with Crippen LogP contribution >= 0.6 is 22.6 Å². The van der Waals surface area contributed by atoms with Crippen molar-refractivity contribution in [2.45, 2.75) is 6.92 Å². The van der Waals surface area contributed by atoms with E-state index in [1.165, 1.54) is 0 Å². The first-order valence-electron chi connectivity index (χ1n) is 3.50. The highest BCUT2D eigenvalue weighted by Crippen LogP contribution is 1.80. The van der Waals surface area contributed by atoms with Gasteiger partial charge in [-0.2, -0.15) is 0 Å². The van der Waals surface area contributed by atoms with Crippen LogP contribution in [0.3, 0.4) is 0 Å². The average Bonchev–Trinajstić information content (AvgIpc) is 1.98. The Morgan fingerprint density at radius 2 is 1.92 bits per heavy atom. The lowest BCUT2D eigenvalue weighted by molar-refractivity contribution is 0.152. The van der Waals surface area contributed by atoms with Crippen LogP contribution in [0.2, 0.25) is 0 Å². The van der Waals surface area contributed by atoms with Crippen LogP contribution in [0.15, 0.2) is 0 Å². The molecule has 2 N–H and O–H groups in total. The van der Waals surface area contributed by atoms with Gasteiger partial charge in [0, 0.05) is 35.7 Å². The fraction of sp³-hybridized carbons (Fsp3) is 0.667. The summed E-state index contributed by atoms with van der Waals surface area (Å²) in [6, 6.07) is 0. The summed E-state index contributed by atoms with van der Waals surface area (Å²) in [7, 11) is 0. The number of halogens is 1. The standard InChI is InChI=1S/C6H11IN2O3/c1-2-12-6(11)9-4-3-8-5(7)10/h2-4H2,1H3,(H,8,10)(H,9,11). The number of hydrogen-bond acceptors (Lipinski definition) is 3. The number of hydrogen-bond donors (Lipinski definition) is 2. The first-order valence-corrected chi connectivity index (χ1v) is 4.58.